The van der Waals surface area contributed by atoms with Crippen LogP contribution in [0.2, 0.25) is 0 Å². The van der Waals surface area contributed by atoms with Crippen LogP contribution in [0.15, 0.2) is 12.1 Å². The minimum absolute atomic E-state index is 0.0993. The van der Waals surface area contributed by atoms with Gasteiger partial charge in [0.2, 0.25) is 0 Å². The largest absolute Gasteiger partial charge is 0.505 e. The van der Waals surface area contributed by atoms with Crippen LogP contribution in [-0.2, 0) is 0 Å². The van der Waals surface area contributed by atoms with E-state index in [2.05, 4.69) is 17.1 Å². The summed E-state index contributed by atoms with van der Waals surface area (Å²) in [5, 5.41) is 13.3. The van der Waals surface area contributed by atoms with Crippen LogP contribution in [0.5, 0.6) is 5.75 Å². The Morgan fingerprint density at radius 3 is 2.67 bits per heavy atom. The van der Waals surface area contributed by atoms with E-state index in [0.717, 1.165) is 32.6 Å². The number of hydrogen-bond acceptors (Lipinski definition) is 3. The molecule has 1 aliphatic heterocycles. The number of aromatic hydroxyl groups is 1. The molecule has 1 fully saturated rings. The summed E-state index contributed by atoms with van der Waals surface area (Å²) in [4.78, 5) is 2.31. The Kier molecular flexibility index (Phi) is 4.19. The molecular weight excluding hydrogens is 231 g/mol. The molecule has 18 heavy (non-hydrogen) atoms. The highest BCUT2D eigenvalue weighted by Gasteiger charge is 2.24. The van der Waals surface area contributed by atoms with Gasteiger partial charge in [-0.25, -0.2) is 4.39 Å². The van der Waals surface area contributed by atoms with Crippen molar-refractivity contribution in [2.24, 2.45) is 0 Å². The zero-order valence-electron chi connectivity index (χ0n) is 11.0. The third-order valence-electron chi connectivity index (χ3n) is 3.68. The first kappa shape index (κ1) is 13.3. The second kappa shape index (κ2) is 5.67. The van der Waals surface area contributed by atoms with Gasteiger partial charge in [0.05, 0.1) is 0 Å². The number of rotatable bonds is 3. The molecule has 2 N–H and O–H groups in total. The number of nitrogens with zero attached hydrogens (tertiary/aromatic N) is 1. The molecule has 0 saturated carbocycles. The molecule has 1 atom stereocenters. The van der Waals surface area contributed by atoms with E-state index in [1.807, 2.05) is 6.07 Å². The lowest BCUT2D eigenvalue weighted by Gasteiger charge is -2.35. The molecule has 3 nitrogen and oxygen atoms in total. The molecule has 1 aliphatic rings. The van der Waals surface area contributed by atoms with Gasteiger partial charge in [-0.15, -0.1) is 0 Å². The van der Waals surface area contributed by atoms with E-state index >= 15 is 0 Å². The zero-order valence-corrected chi connectivity index (χ0v) is 11.0. The van der Waals surface area contributed by atoms with Crippen molar-refractivity contribution < 1.29 is 9.50 Å². The van der Waals surface area contributed by atoms with E-state index in [4.69, 9.17) is 0 Å². The van der Waals surface area contributed by atoms with Gasteiger partial charge in [-0.05, 0) is 18.9 Å². The molecule has 4 heteroatoms. The van der Waals surface area contributed by atoms with Crippen LogP contribution in [0.4, 0.5) is 4.39 Å². The standard InChI is InChI=1S/C14H21FN2O/c1-3-12(17-8-6-16-7-9-17)11-5-4-10(2)13(15)14(11)18/h4-5,12,16,18H,3,6-9H2,1-2H3/t12-/m1/s1. The molecular formula is C14H21FN2O. The molecule has 1 saturated heterocycles. The Hall–Kier alpha value is -1.13. The van der Waals surface area contributed by atoms with Crippen LogP contribution in [0.1, 0.15) is 30.5 Å². The first-order chi connectivity index (χ1) is 8.65. The number of piperazine rings is 1. The van der Waals surface area contributed by atoms with Crippen molar-refractivity contribution >= 4 is 0 Å². The number of phenols is 1. The van der Waals surface area contributed by atoms with E-state index in [1.54, 1.807) is 13.0 Å². The molecule has 1 aromatic carbocycles. The lowest BCUT2D eigenvalue weighted by Crippen LogP contribution is -2.45. The normalized spacial score (nSPS) is 18.8. The number of hydrogen-bond donors (Lipinski definition) is 2. The Balaban J connectivity index is 2.29. The van der Waals surface area contributed by atoms with E-state index in [1.165, 1.54) is 0 Å². The maximum Gasteiger partial charge on any atom is 0.168 e. The number of phenolic OH excluding ortho intramolecular Hbond substituents is 1. The third kappa shape index (κ3) is 2.49. The van der Waals surface area contributed by atoms with Crippen molar-refractivity contribution in [3.05, 3.63) is 29.1 Å². The van der Waals surface area contributed by atoms with Crippen LogP contribution in [0.3, 0.4) is 0 Å². The molecule has 0 aromatic heterocycles. The SMILES string of the molecule is CC[C@H](c1ccc(C)c(F)c1O)N1CCNCC1. The number of halogens is 1. The molecule has 0 radical (unpaired) electrons. The van der Waals surface area contributed by atoms with Gasteiger partial charge < -0.3 is 10.4 Å². The third-order valence-corrected chi connectivity index (χ3v) is 3.68. The van der Waals surface area contributed by atoms with Crippen LogP contribution >= 0.6 is 0 Å². The summed E-state index contributed by atoms with van der Waals surface area (Å²) in [7, 11) is 0. The zero-order chi connectivity index (χ0) is 13.1. The number of benzene rings is 1. The van der Waals surface area contributed by atoms with Gasteiger partial charge in [-0.1, -0.05) is 19.1 Å². The summed E-state index contributed by atoms with van der Waals surface area (Å²) >= 11 is 0. The summed E-state index contributed by atoms with van der Waals surface area (Å²) in [6.07, 6.45) is 0.871. The van der Waals surface area contributed by atoms with Crippen molar-refractivity contribution in [3.8, 4) is 5.75 Å². The van der Waals surface area contributed by atoms with Crippen molar-refractivity contribution in [3.63, 3.8) is 0 Å². The molecule has 0 bridgehead atoms. The van der Waals surface area contributed by atoms with E-state index in [0.29, 0.717) is 11.1 Å². The van der Waals surface area contributed by atoms with Crippen molar-refractivity contribution in [2.75, 3.05) is 26.2 Å². The highest BCUT2D eigenvalue weighted by molar-refractivity contribution is 5.40. The fraction of sp³-hybridized carbons (Fsp3) is 0.571. The molecule has 1 heterocycles. The van der Waals surface area contributed by atoms with Crippen LogP contribution in [0, 0.1) is 12.7 Å². The first-order valence-electron chi connectivity index (χ1n) is 6.58. The van der Waals surface area contributed by atoms with Crippen LogP contribution < -0.4 is 5.32 Å². The predicted molar refractivity (Wildman–Crippen MR) is 70.3 cm³/mol. The Labute approximate surface area is 108 Å². The summed E-state index contributed by atoms with van der Waals surface area (Å²) in [6.45, 7) is 7.52. The fourth-order valence-corrected chi connectivity index (χ4v) is 2.62. The highest BCUT2D eigenvalue weighted by Crippen LogP contribution is 2.34. The smallest absolute Gasteiger partial charge is 0.168 e. The van der Waals surface area contributed by atoms with Gasteiger partial charge >= 0.3 is 0 Å². The fourth-order valence-electron chi connectivity index (χ4n) is 2.62. The minimum Gasteiger partial charge on any atom is -0.505 e. The van der Waals surface area contributed by atoms with Gasteiger partial charge in [0.15, 0.2) is 11.6 Å². The lowest BCUT2D eigenvalue weighted by molar-refractivity contribution is 0.166. The Morgan fingerprint density at radius 2 is 2.06 bits per heavy atom. The molecule has 0 aliphatic carbocycles. The number of nitrogens with one attached hydrogen (secondary N) is 1. The number of aryl methyl sites for hydroxylation is 1. The topological polar surface area (TPSA) is 35.5 Å². The quantitative estimate of drug-likeness (QED) is 0.865. The summed E-state index contributed by atoms with van der Waals surface area (Å²) in [5.41, 5.74) is 1.20. The van der Waals surface area contributed by atoms with Gasteiger partial charge in [0.25, 0.3) is 0 Å². The molecule has 0 unspecified atom stereocenters. The highest BCUT2D eigenvalue weighted by atomic mass is 19.1. The molecule has 2 rings (SSSR count). The lowest BCUT2D eigenvalue weighted by atomic mass is 9.99. The van der Waals surface area contributed by atoms with E-state index in [9.17, 15) is 9.50 Å². The molecule has 0 amide bonds. The van der Waals surface area contributed by atoms with Gasteiger partial charge in [-0.3, -0.25) is 4.90 Å². The van der Waals surface area contributed by atoms with Gasteiger partial charge in [0, 0.05) is 37.8 Å². The maximum absolute atomic E-state index is 13.8. The van der Waals surface area contributed by atoms with E-state index in [-0.39, 0.29) is 11.8 Å². The van der Waals surface area contributed by atoms with Gasteiger partial charge in [-0.2, -0.15) is 0 Å². The van der Waals surface area contributed by atoms with Gasteiger partial charge in [0.1, 0.15) is 0 Å². The average molecular weight is 252 g/mol. The Bertz CT molecular complexity index is 417. The van der Waals surface area contributed by atoms with Crippen molar-refractivity contribution in [1.82, 2.24) is 10.2 Å². The molecule has 1 aromatic rings. The molecule has 100 valence electrons. The molecule has 0 spiro atoms. The first-order valence-corrected chi connectivity index (χ1v) is 6.58. The second-order valence-electron chi connectivity index (χ2n) is 4.84. The average Bonchev–Trinajstić information content (AvgIpc) is 2.41. The maximum atomic E-state index is 13.8. The van der Waals surface area contributed by atoms with Crippen molar-refractivity contribution in [2.45, 2.75) is 26.3 Å². The van der Waals surface area contributed by atoms with E-state index < -0.39 is 5.82 Å². The predicted octanol–water partition coefficient (Wildman–Crippen LogP) is 2.20. The van der Waals surface area contributed by atoms with Crippen LogP contribution in [0.25, 0.3) is 0 Å². The minimum atomic E-state index is -0.485. The second-order valence-corrected chi connectivity index (χ2v) is 4.84. The monoisotopic (exact) mass is 252 g/mol. The van der Waals surface area contributed by atoms with Crippen LogP contribution in [-0.4, -0.2) is 36.2 Å². The summed E-state index contributed by atoms with van der Waals surface area (Å²) in [6, 6.07) is 3.70. The van der Waals surface area contributed by atoms with Crippen molar-refractivity contribution in [1.29, 1.82) is 0 Å². The summed E-state index contributed by atoms with van der Waals surface area (Å²) < 4.78 is 13.8. The summed E-state index contributed by atoms with van der Waals surface area (Å²) in [5.74, 6) is -0.665. The Morgan fingerprint density at radius 1 is 1.39 bits per heavy atom.